The van der Waals surface area contributed by atoms with Crippen LogP contribution in [0.25, 0.3) is 4.85 Å². The van der Waals surface area contributed by atoms with Gasteiger partial charge in [0, 0.05) is 19.3 Å². The number of nitrogens with zero attached hydrogens (tertiary/aromatic N) is 3. The predicted octanol–water partition coefficient (Wildman–Crippen LogP) is 4.33. The Bertz CT molecular complexity index is 1240. The van der Waals surface area contributed by atoms with Crippen molar-refractivity contribution < 1.29 is 18.8 Å². The molecule has 3 atom stereocenters. The number of anilines is 1. The third-order valence-electron chi connectivity index (χ3n) is 6.82. The van der Waals surface area contributed by atoms with E-state index in [1.54, 1.807) is 6.07 Å². The van der Waals surface area contributed by atoms with Gasteiger partial charge in [-0.2, -0.15) is 0 Å². The number of nitrogens with one attached hydrogen (secondary N) is 1. The largest absolute Gasteiger partial charge is 0.330 e. The maximum atomic E-state index is 13.9. The van der Waals surface area contributed by atoms with E-state index in [1.807, 2.05) is 32.0 Å². The number of para-hydroxylation sites is 1. The van der Waals surface area contributed by atoms with Crippen LogP contribution in [0.15, 0.2) is 42.5 Å². The second-order valence-electron chi connectivity index (χ2n) is 9.55. The molecule has 0 aromatic heterocycles. The second kappa shape index (κ2) is 9.31. The van der Waals surface area contributed by atoms with Crippen molar-refractivity contribution in [1.82, 2.24) is 9.80 Å². The summed E-state index contributed by atoms with van der Waals surface area (Å²) in [5.41, 5.74) is 0.394. The van der Waals surface area contributed by atoms with Crippen LogP contribution in [-0.2, 0) is 15.0 Å². The van der Waals surface area contributed by atoms with E-state index < -0.39 is 35.3 Å². The Balaban J connectivity index is 1.67. The average Bonchev–Trinajstić information content (AvgIpc) is 3.36. The summed E-state index contributed by atoms with van der Waals surface area (Å²) in [7, 11) is 1.48. The van der Waals surface area contributed by atoms with Gasteiger partial charge in [-0.15, -0.1) is 0 Å². The van der Waals surface area contributed by atoms with Gasteiger partial charge in [-0.1, -0.05) is 43.6 Å². The maximum absolute atomic E-state index is 13.9. The van der Waals surface area contributed by atoms with Gasteiger partial charge in [-0.05, 0) is 42.2 Å². The number of rotatable bonds is 5. The van der Waals surface area contributed by atoms with Gasteiger partial charge in [-0.3, -0.25) is 24.1 Å². The Labute approximate surface area is 208 Å². The van der Waals surface area contributed by atoms with Crippen molar-refractivity contribution in [2.75, 3.05) is 18.9 Å². The normalized spacial score (nSPS) is 21.6. The number of hydrogen-bond acceptors (Lipinski definition) is 3. The first-order valence-corrected chi connectivity index (χ1v) is 11.8. The highest BCUT2D eigenvalue weighted by Gasteiger charge is 2.59. The summed E-state index contributed by atoms with van der Waals surface area (Å²) in [5.74, 6) is -1.82. The smallest absolute Gasteiger partial charge is 0.302 e. The number of carbonyl (C=O) groups excluding carboxylic acids is 3. The molecule has 0 aliphatic carbocycles. The molecule has 9 heteroatoms. The minimum atomic E-state index is -1.02. The van der Waals surface area contributed by atoms with Crippen LogP contribution < -0.4 is 5.32 Å². The van der Waals surface area contributed by atoms with E-state index in [0.29, 0.717) is 12.1 Å². The number of carbonyl (C=O) groups is 3. The Morgan fingerprint density at radius 1 is 1.31 bits per heavy atom. The number of hydrogen-bond donors (Lipinski definition) is 1. The number of benzene rings is 2. The van der Waals surface area contributed by atoms with Crippen LogP contribution in [0, 0.1) is 18.3 Å². The van der Waals surface area contributed by atoms with E-state index in [2.05, 4.69) is 10.2 Å². The third-order valence-corrected chi connectivity index (χ3v) is 7.14. The van der Waals surface area contributed by atoms with Crippen LogP contribution in [-0.4, -0.2) is 53.3 Å². The average molecular weight is 497 g/mol. The van der Waals surface area contributed by atoms with E-state index in [9.17, 15) is 18.8 Å². The Kier molecular flexibility index (Phi) is 6.56. The second-order valence-corrected chi connectivity index (χ2v) is 9.95. The van der Waals surface area contributed by atoms with Crippen molar-refractivity contribution in [3.8, 4) is 0 Å². The predicted molar refractivity (Wildman–Crippen MR) is 130 cm³/mol. The zero-order valence-corrected chi connectivity index (χ0v) is 20.5. The molecule has 7 nitrogen and oxygen atoms in total. The lowest BCUT2D eigenvalue weighted by Crippen LogP contribution is -2.51. The van der Waals surface area contributed by atoms with Crippen LogP contribution in [0.2, 0.25) is 5.02 Å². The van der Waals surface area contributed by atoms with Gasteiger partial charge >= 0.3 is 6.17 Å². The topological polar surface area (TPSA) is 74.1 Å². The first kappa shape index (κ1) is 24.7. The lowest BCUT2D eigenvalue weighted by atomic mass is 9.80. The Hall–Kier alpha value is -3.44. The number of likely N-dealkylation sites (N-methyl/N-ethyl adjacent to an activating group) is 1. The van der Waals surface area contributed by atoms with Crippen molar-refractivity contribution >= 4 is 35.0 Å². The molecule has 1 N–H and O–H groups in total. The fraction of sp³-hybridized carbons (Fsp3) is 0.385. The van der Waals surface area contributed by atoms with Gasteiger partial charge in [-0.25, -0.2) is 11.0 Å². The summed E-state index contributed by atoms with van der Waals surface area (Å²) in [6, 6.07) is 9.88. The van der Waals surface area contributed by atoms with Crippen LogP contribution in [0.1, 0.15) is 42.6 Å². The van der Waals surface area contributed by atoms with E-state index in [0.717, 1.165) is 17.7 Å². The minimum absolute atomic E-state index is 0.0407. The van der Waals surface area contributed by atoms with Gasteiger partial charge in [0.05, 0.1) is 17.0 Å². The van der Waals surface area contributed by atoms with Crippen LogP contribution in [0.5, 0.6) is 0 Å². The number of amides is 3. The highest BCUT2D eigenvalue weighted by atomic mass is 35.5. The molecule has 2 aliphatic rings. The van der Waals surface area contributed by atoms with Crippen LogP contribution in [0.4, 0.5) is 10.1 Å². The quantitative estimate of drug-likeness (QED) is 0.626. The van der Waals surface area contributed by atoms with E-state index >= 15 is 0 Å². The lowest BCUT2D eigenvalue weighted by molar-refractivity contribution is -0.136. The molecular weight excluding hydrogens is 471 g/mol. The molecule has 0 saturated carbocycles. The molecule has 35 heavy (non-hydrogen) atoms. The summed E-state index contributed by atoms with van der Waals surface area (Å²) in [4.78, 5) is 46.6. The van der Waals surface area contributed by atoms with Crippen molar-refractivity contribution in [3.05, 3.63) is 75.8 Å². The summed E-state index contributed by atoms with van der Waals surface area (Å²) in [6.07, 6.45) is -0.354. The first-order valence-electron chi connectivity index (χ1n) is 11.4. The molecule has 4 rings (SSSR count). The summed E-state index contributed by atoms with van der Waals surface area (Å²) in [6.45, 7) is 11.6. The molecule has 0 bridgehead atoms. The molecule has 3 amide bonds. The Morgan fingerprint density at radius 2 is 2.03 bits per heavy atom. The maximum Gasteiger partial charge on any atom is 0.302 e. The van der Waals surface area contributed by atoms with Crippen molar-refractivity contribution in [3.63, 3.8) is 0 Å². The molecule has 2 heterocycles. The molecule has 0 radical (unpaired) electrons. The molecule has 1 spiro atoms. The van der Waals surface area contributed by atoms with E-state index in [4.69, 9.17) is 18.2 Å². The fourth-order valence-corrected chi connectivity index (χ4v) is 5.21. The van der Waals surface area contributed by atoms with Crippen molar-refractivity contribution in [2.45, 2.75) is 44.3 Å². The molecule has 182 valence electrons. The summed E-state index contributed by atoms with van der Waals surface area (Å²) >= 11 is 6.15. The SMILES string of the molecule is [C-]#[N+][C@@H]1C[C@@]2(CN1C(=O)[C@H](CC(C)C)N(C)C(=O)c1cc(F)ccc1Cl)C(=O)Nc1ccccc12. The first-order chi connectivity index (χ1) is 16.6. The monoisotopic (exact) mass is 496 g/mol. The molecule has 2 aromatic rings. The molecule has 1 saturated heterocycles. The van der Waals surface area contributed by atoms with E-state index in [1.165, 1.54) is 22.9 Å². The summed E-state index contributed by atoms with van der Waals surface area (Å²) < 4.78 is 13.8. The molecule has 2 aromatic carbocycles. The molecule has 2 aliphatic heterocycles. The third kappa shape index (κ3) is 4.25. The Morgan fingerprint density at radius 3 is 2.71 bits per heavy atom. The minimum Gasteiger partial charge on any atom is -0.330 e. The van der Waals surface area contributed by atoms with Crippen molar-refractivity contribution in [2.24, 2.45) is 5.92 Å². The van der Waals surface area contributed by atoms with Gasteiger partial charge < -0.3 is 10.2 Å². The van der Waals surface area contributed by atoms with Crippen LogP contribution >= 0.6 is 11.6 Å². The highest BCUT2D eigenvalue weighted by Crippen LogP contribution is 2.47. The highest BCUT2D eigenvalue weighted by molar-refractivity contribution is 6.33. The number of likely N-dealkylation sites (tertiary alicyclic amines) is 1. The fourth-order valence-electron chi connectivity index (χ4n) is 5.01. The zero-order chi connectivity index (χ0) is 25.5. The van der Waals surface area contributed by atoms with E-state index in [-0.39, 0.29) is 35.4 Å². The van der Waals surface area contributed by atoms with Gasteiger partial charge in [0.2, 0.25) is 5.91 Å². The molecular formula is C26H26ClFN4O3. The number of fused-ring (bicyclic) bond motifs is 2. The standard InChI is InChI=1S/C26H26ClFN4O3/c1-15(2)11-21(31(4)23(33)17-12-16(28)9-10-19(17)27)24(34)32-14-26(13-22(32)29-3)18-7-5-6-8-20(18)30-25(26)35/h5-10,12,15,21-22H,11,13-14H2,1-2,4H3,(H,30,35)/t21-,22-,26-/m0/s1. The van der Waals surface area contributed by atoms with Crippen LogP contribution in [0.3, 0.4) is 0 Å². The number of halogens is 2. The van der Waals surface area contributed by atoms with Gasteiger partial charge in [0.15, 0.2) is 0 Å². The molecule has 1 fully saturated rings. The summed E-state index contributed by atoms with van der Waals surface area (Å²) in [5, 5.41) is 2.96. The van der Waals surface area contributed by atoms with Gasteiger partial charge in [0.1, 0.15) is 17.3 Å². The van der Waals surface area contributed by atoms with Gasteiger partial charge in [0.25, 0.3) is 11.8 Å². The molecule has 0 unspecified atom stereocenters. The lowest BCUT2D eigenvalue weighted by Gasteiger charge is -2.32. The van der Waals surface area contributed by atoms with Crippen molar-refractivity contribution in [1.29, 1.82) is 0 Å². The zero-order valence-electron chi connectivity index (χ0n) is 19.7.